The number of benzene rings is 5. The highest BCUT2D eigenvalue weighted by Crippen LogP contribution is 2.35. The second kappa shape index (κ2) is 9.41. The first-order valence-corrected chi connectivity index (χ1v) is 15.3. The summed E-state index contributed by atoms with van der Waals surface area (Å²) < 4.78 is 31.6. The zero-order chi connectivity index (χ0) is 29.1. The van der Waals surface area contributed by atoms with Crippen LogP contribution < -0.4 is 0 Å². The topological polar surface area (TPSA) is 80.7 Å². The molecule has 0 aliphatic heterocycles. The van der Waals surface area contributed by atoms with Gasteiger partial charge in [0.25, 0.3) is 0 Å². The smallest absolute Gasteiger partial charge is 0.223 e. The Morgan fingerprint density at radius 2 is 1.07 bits per heavy atom. The second-order valence-corrected chi connectivity index (χ2v) is 12.3. The molecule has 8 aromatic rings. The van der Waals surface area contributed by atoms with Crippen molar-refractivity contribution in [2.75, 3.05) is 0 Å². The highest BCUT2D eigenvalue weighted by Gasteiger charge is 2.23. The first-order chi connectivity index (χ1) is 21.1. The normalized spacial score (nSPS) is 11.9. The number of fused-ring (bicyclic) bond motifs is 6. The Bertz CT molecular complexity index is 2430. The van der Waals surface area contributed by atoms with Gasteiger partial charge in [-0.15, -0.1) is 0 Å². The number of sulfone groups is 1. The van der Waals surface area contributed by atoms with Crippen molar-refractivity contribution >= 4 is 53.4 Å². The number of nitrogens with zero attached hydrogens (tertiary/aromatic N) is 4. The van der Waals surface area contributed by atoms with Crippen LogP contribution in [0.5, 0.6) is 0 Å². The van der Waals surface area contributed by atoms with Crippen LogP contribution in [-0.2, 0) is 9.84 Å². The van der Waals surface area contributed by atoms with Gasteiger partial charge in [-0.25, -0.2) is 13.4 Å². The summed E-state index contributed by atoms with van der Waals surface area (Å²) in [5.41, 5.74) is 5.55. The van der Waals surface area contributed by atoms with Crippen LogP contribution in [0.25, 0.3) is 55.0 Å². The number of pyridine rings is 1. The molecule has 0 saturated heterocycles. The summed E-state index contributed by atoms with van der Waals surface area (Å²) in [4.78, 5) is 4.43. The van der Waals surface area contributed by atoms with Crippen molar-refractivity contribution in [2.24, 2.45) is 0 Å². The van der Waals surface area contributed by atoms with E-state index in [-0.39, 0.29) is 15.5 Å². The lowest BCUT2D eigenvalue weighted by molar-refractivity contribution is 0.592. The van der Waals surface area contributed by atoms with Crippen molar-refractivity contribution < 1.29 is 8.42 Å². The molecule has 0 fully saturated rings. The number of aromatic nitrogens is 3. The van der Waals surface area contributed by atoms with Crippen LogP contribution in [0.2, 0.25) is 0 Å². The van der Waals surface area contributed by atoms with Crippen molar-refractivity contribution in [2.45, 2.75) is 9.92 Å². The molecule has 0 aliphatic rings. The predicted molar refractivity (Wildman–Crippen MR) is 170 cm³/mol. The molecule has 3 heterocycles. The summed E-state index contributed by atoms with van der Waals surface area (Å²) in [7, 11) is -3.99. The molecule has 0 saturated carbocycles. The molecule has 0 unspecified atom stereocenters. The Morgan fingerprint density at radius 1 is 0.581 bits per heavy atom. The number of nitriles is 1. The first-order valence-electron chi connectivity index (χ1n) is 13.8. The molecule has 0 bridgehead atoms. The van der Waals surface area contributed by atoms with Gasteiger partial charge in [0.1, 0.15) is 6.07 Å². The molecule has 0 aliphatic carbocycles. The van der Waals surface area contributed by atoms with E-state index in [2.05, 4.69) is 27.8 Å². The Kier molecular flexibility index (Phi) is 5.48. The molecule has 43 heavy (non-hydrogen) atoms. The highest BCUT2D eigenvalue weighted by molar-refractivity contribution is 7.91. The summed E-state index contributed by atoms with van der Waals surface area (Å²) in [5.74, 6) is 0. The lowest BCUT2D eigenvalue weighted by Gasteiger charge is -2.12. The molecule has 0 spiro atoms. The van der Waals surface area contributed by atoms with E-state index in [4.69, 9.17) is 0 Å². The monoisotopic (exact) mass is 574 g/mol. The second-order valence-electron chi connectivity index (χ2n) is 10.4. The van der Waals surface area contributed by atoms with E-state index < -0.39 is 9.84 Å². The zero-order valence-corrected chi connectivity index (χ0v) is 23.5. The van der Waals surface area contributed by atoms with Crippen LogP contribution in [0.4, 0.5) is 0 Å². The maximum atomic E-state index is 13.8. The third kappa shape index (κ3) is 3.71. The minimum absolute atomic E-state index is 0.0191. The van der Waals surface area contributed by atoms with Gasteiger partial charge in [-0.1, -0.05) is 72.8 Å². The standard InChI is InChI=1S/C36H22N4O2S/c37-22-24-21-26(18-19-31(24)40-34-15-7-3-11-29(34)30-12-4-8-16-35(30)40)43(41,42)36-20-17-25(23-38-36)39-32-13-5-1-9-27(32)28-10-2-6-14-33(28)39/h1-21,23H. The van der Waals surface area contributed by atoms with Crippen LogP contribution in [0.1, 0.15) is 5.56 Å². The molecule has 6 nitrogen and oxygen atoms in total. The van der Waals surface area contributed by atoms with Crippen molar-refractivity contribution in [3.8, 4) is 17.4 Å². The van der Waals surface area contributed by atoms with Crippen molar-refractivity contribution in [1.29, 1.82) is 5.26 Å². The third-order valence-corrected chi connectivity index (χ3v) is 9.72. The predicted octanol–water partition coefficient (Wildman–Crippen LogP) is 7.98. The van der Waals surface area contributed by atoms with Crippen molar-refractivity contribution in [1.82, 2.24) is 14.1 Å². The van der Waals surface area contributed by atoms with E-state index in [1.54, 1.807) is 24.4 Å². The van der Waals surface area contributed by atoms with E-state index in [0.717, 1.165) is 49.3 Å². The molecule has 0 atom stereocenters. The van der Waals surface area contributed by atoms with E-state index in [0.29, 0.717) is 5.69 Å². The van der Waals surface area contributed by atoms with Gasteiger partial charge in [0.2, 0.25) is 9.84 Å². The number of hydrogen-bond acceptors (Lipinski definition) is 4. The lowest BCUT2D eigenvalue weighted by atomic mass is 10.2. The Balaban J connectivity index is 1.22. The highest BCUT2D eigenvalue weighted by atomic mass is 32.2. The molecule has 0 radical (unpaired) electrons. The zero-order valence-electron chi connectivity index (χ0n) is 22.7. The van der Waals surface area contributed by atoms with Crippen LogP contribution in [0, 0.1) is 11.3 Å². The maximum Gasteiger partial charge on any atom is 0.223 e. The van der Waals surface area contributed by atoms with Gasteiger partial charge in [-0.3, -0.25) is 0 Å². The quantitative estimate of drug-likeness (QED) is 0.213. The molecule has 8 rings (SSSR count). The summed E-state index contributed by atoms with van der Waals surface area (Å²) >= 11 is 0. The Morgan fingerprint density at radius 3 is 1.53 bits per heavy atom. The first kappa shape index (κ1) is 25.0. The van der Waals surface area contributed by atoms with Gasteiger partial charge >= 0.3 is 0 Å². The van der Waals surface area contributed by atoms with Crippen LogP contribution in [-0.4, -0.2) is 22.5 Å². The number of hydrogen-bond donors (Lipinski definition) is 0. The van der Waals surface area contributed by atoms with E-state index >= 15 is 0 Å². The van der Waals surface area contributed by atoms with Gasteiger partial charge in [0, 0.05) is 21.5 Å². The van der Waals surface area contributed by atoms with Crippen LogP contribution in [0.15, 0.2) is 144 Å². The molecule has 5 aromatic carbocycles. The average molecular weight is 575 g/mol. The molecule has 0 amide bonds. The molecular formula is C36H22N4O2S. The fraction of sp³-hybridized carbons (Fsp3) is 0. The fourth-order valence-electron chi connectivity index (χ4n) is 6.13. The van der Waals surface area contributed by atoms with E-state index in [1.807, 2.05) is 89.5 Å². The van der Waals surface area contributed by atoms with Gasteiger partial charge in [0.05, 0.1) is 50.1 Å². The van der Waals surface area contributed by atoms with Crippen LogP contribution in [0.3, 0.4) is 0 Å². The minimum Gasteiger partial charge on any atom is -0.308 e. The van der Waals surface area contributed by atoms with Gasteiger partial charge in [-0.05, 0) is 54.6 Å². The van der Waals surface area contributed by atoms with Crippen molar-refractivity contribution in [3.63, 3.8) is 0 Å². The fourth-order valence-corrected chi connectivity index (χ4v) is 7.33. The van der Waals surface area contributed by atoms with E-state index in [9.17, 15) is 13.7 Å². The third-order valence-electron chi connectivity index (χ3n) is 8.05. The summed E-state index contributed by atoms with van der Waals surface area (Å²) in [6.07, 6.45) is 1.59. The Hall–Kier alpha value is -5.71. The molecular weight excluding hydrogens is 552 g/mol. The van der Waals surface area contributed by atoms with Gasteiger partial charge < -0.3 is 9.13 Å². The molecule has 0 N–H and O–H groups in total. The lowest BCUT2D eigenvalue weighted by Crippen LogP contribution is -2.07. The maximum absolute atomic E-state index is 13.8. The number of rotatable bonds is 4. The SMILES string of the molecule is N#Cc1cc(S(=O)(=O)c2ccc(-n3c4ccccc4c4ccccc43)cn2)ccc1-n1c2ccccc2c2ccccc21. The molecule has 3 aromatic heterocycles. The molecule has 7 heteroatoms. The van der Waals surface area contributed by atoms with Gasteiger partial charge in [0.15, 0.2) is 5.03 Å². The van der Waals surface area contributed by atoms with Crippen LogP contribution >= 0.6 is 0 Å². The summed E-state index contributed by atoms with van der Waals surface area (Å²) in [5, 5.41) is 14.4. The number of para-hydroxylation sites is 4. The minimum atomic E-state index is -3.99. The Labute approximate surface area is 247 Å². The van der Waals surface area contributed by atoms with Gasteiger partial charge in [-0.2, -0.15) is 5.26 Å². The summed E-state index contributed by atoms with van der Waals surface area (Å²) in [6.45, 7) is 0. The van der Waals surface area contributed by atoms with Crippen molar-refractivity contribution in [3.05, 3.63) is 139 Å². The average Bonchev–Trinajstić information content (AvgIpc) is 3.58. The largest absolute Gasteiger partial charge is 0.308 e. The summed E-state index contributed by atoms with van der Waals surface area (Å²) in [6, 6.07) is 42.5. The molecule has 204 valence electrons. The van der Waals surface area contributed by atoms with E-state index in [1.165, 1.54) is 12.1 Å².